The van der Waals surface area contributed by atoms with Gasteiger partial charge in [0.1, 0.15) is 11.7 Å². The van der Waals surface area contributed by atoms with Crippen molar-refractivity contribution in [2.45, 2.75) is 13.0 Å². The standard InChI is InChI=1S/C12H14ClFN2O2/c1-8(9-2-4-10(14)5-3-9)16-12(18)7-15-11(17)6-13/h2-5,8H,6-7H2,1H3,(H,15,17)(H,16,18)/t8-/m0/s1. The molecule has 2 amide bonds. The summed E-state index contributed by atoms with van der Waals surface area (Å²) in [5.74, 6) is -1.24. The lowest BCUT2D eigenvalue weighted by atomic mass is 10.1. The number of nitrogens with one attached hydrogen (secondary N) is 2. The van der Waals surface area contributed by atoms with Crippen LogP contribution in [0.1, 0.15) is 18.5 Å². The zero-order valence-electron chi connectivity index (χ0n) is 9.87. The molecule has 0 aromatic heterocycles. The maximum Gasteiger partial charge on any atom is 0.239 e. The van der Waals surface area contributed by atoms with Crippen molar-refractivity contribution in [3.8, 4) is 0 Å². The van der Waals surface area contributed by atoms with Crippen LogP contribution < -0.4 is 10.6 Å². The topological polar surface area (TPSA) is 58.2 Å². The lowest BCUT2D eigenvalue weighted by Gasteiger charge is -2.14. The van der Waals surface area contributed by atoms with Crippen LogP contribution in [0.15, 0.2) is 24.3 Å². The van der Waals surface area contributed by atoms with Gasteiger partial charge in [0, 0.05) is 0 Å². The predicted molar refractivity (Wildman–Crippen MR) is 66.7 cm³/mol. The highest BCUT2D eigenvalue weighted by Crippen LogP contribution is 2.12. The third kappa shape index (κ3) is 4.71. The molecule has 1 rings (SSSR count). The van der Waals surface area contributed by atoms with Crippen LogP contribution in [-0.4, -0.2) is 24.2 Å². The largest absolute Gasteiger partial charge is 0.348 e. The summed E-state index contributed by atoms with van der Waals surface area (Å²) < 4.78 is 12.7. The van der Waals surface area contributed by atoms with Crippen molar-refractivity contribution in [3.63, 3.8) is 0 Å². The highest BCUT2D eigenvalue weighted by molar-refractivity contribution is 6.27. The van der Waals surface area contributed by atoms with Gasteiger partial charge in [0.25, 0.3) is 0 Å². The van der Waals surface area contributed by atoms with Crippen molar-refractivity contribution in [1.82, 2.24) is 10.6 Å². The average Bonchev–Trinajstić information content (AvgIpc) is 2.36. The van der Waals surface area contributed by atoms with E-state index >= 15 is 0 Å². The minimum Gasteiger partial charge on any atom is -0.348 e. The molecule has 0 bridgehead atoms. The molecule has 0 saturated carbocycles. The molecule has 0 radical (unpaired) electrons. The summed E-state index contributed by atoms with van der Waals surface area (Å²) in [6, 6.07) is 5.58. The molecular formula is C12H14ClFN2O2. The average molecular weight is 273 g/mol. The summed E-state index contributed by atoms with van der Waals surface area (Å²) in [6.45, 7) is 1.64. The van der Waals surface area contributed by atoms with Gasteiger partial charge in [-0.05, 0) is 24.6 Å². The third-order valence-corrected chi connectivity index (χ3v) is 2.56. The van der Waals surface area contributed by atoms with Crippen LogP contribution in [-0.2, 0) is 9.59 Å². The molecule has 4 nitrogen and oxygen atoms in total. The Morgan fingerprint density at radius 1 is 1.28 bits per heavy atom. The van der Waals surface area contributed by atoms with E-state index in [9.17, 15) is 14.0 Å². The van der Waals surface area contributed by atoms with Crippen molar-refractivity contribution >= 4 is 23.4 Å². The summed E-state index contributed by atoms with van der Waals surface area (Å²) in [5, 5.41) is 5.03. The molecule has 18 heavy (non-hydrogen) atoms. The van der Waals surface area contributed by atoms with Crippen LogP contribution in [0.5, 0.6) is 0 Å². The van der Waals surface area contributed by atoms with Gasteiger partial charge >= 0.3 is 0 Å². The van der Waals surface area contributed by atoms with Gasteiger partial charge in [0.05, 0.1) is 12.6 Å². The summed E-state index contributed by atoms with van der Waals surface area (Å²) in [6.07, 6.45) is 0. The number of rotatable bonds is 5. The Morgan fingerprint density at radius 3 is 2.44 bits per heavy atom. The van der Waals surface area contributed by atoms with E-state index in [-0.39, 0.29) is 30.2 Å². The Hall–Kier alpha value is -1.62. The Kier molecular flexibility index (Phi) is 5.58. The van der Waals surface area contributed by atoms with Gasteiger partial charge in [-0.25, -0.2) is 4.39 Å². The molecule has 0 spiro atoms. The fourth-order valence-corrected chi connectivity index (χ4v) is 1.45. The molecule has 0 unspecified atom stereocenters. The number of alkyl halides is 1. The number of benzene rings is 1. The molecule has 1 aromatic carbocycles. The monoisotopic (exact) mass is 272 g/mol. The van der Waals surface area contributed by atoms with Crippen molar-refractivity contribution in [2.75, 3.05) is 12.4 Å². The molecule has 0 aliphatic heterocycles. The predicted octanol–water partition coefficient (Wildman–Crippen LogP) is 1.36. The molecule has 0 heterocycles. The zero-order chi connectivity index (χ0) is 13.5. The smallest absolute Gasteiger partial charge is 0.239 e. The second-order valence-electron chi connectivity index (χ2n) is 3.75. The first-order chi connectivity index (χ1) is 8.52. The second kappa shape index (κ2) is 6.96. The van der Waals surface area contributed by atoms with E-state index in [4.69, 9.17) is 11.6 Å². The Labute approximate surface area is 110 Å². The van der Waals surface area contributed by atoms with E-state index in [1.165, 1.54) is 12.1 Å². The van der Waals surface area contributed by atoms with E-state index in [1.54, 1.807) is 19.1 Å². The first kappa shape index (κ1) is 14.4. The van der Waals surface area contributed by atoms with Gasteiger partial charge in [-0.3, -0.25) is 9.59 Å². The van der Waals surface area contributed by atoms with E-state index in [0.29, 0.717) is 0 Å². The van der Waals surface area contributed by atoms with Crippen molar-refractivity contribution in [1.29, 1.82) is 0 Å². The summed E-state index contributed by atoms with van der Waals surface area (Å²) >= 11 is 5.27. The Balaban J connectivity index is 2.44. The minimum absolute atomic E-state index is 0.128. The highest BCUT2D eigenvalue weighted by Gasteiger charge is 2.10. The van der Waals surface area contributed by atoms with E-state index in [2.05, 4.69) is 10.6 Å². The second-order valence-corrected chi connectivity index (χ2v) is 4.02. The number of hydrogen-bond donors (Lipinski definition) is 2. The van der Waals surface area contributed by atoms with Crippen LogP contribution in [0.25, 0.3) is 0 Å². The molecule has 1 atom stereocenters. The molecule has 0 saturated heterocycles. The molecule has 0 aliphatic carbocycles. The number of amides is 2. The summed E-state index contributed by atoms with van der Waals surface area (Å²) in [4.78, 5) is 22.3. The fraction of sp³-hybridized carbons (Fsp3) is 0.333. The van der Waals surface area contributed by atoms with Gasteiger partial charge in [-0.15, -0.1) is 11.6 Å². The van der Waals surface area contributed by atoms with E-state index in [0.717, 1.165) is 5.56 Å². The maximum atomic E-state index is 12.7. The molecule has 0 fully saturated rings. The molecule has 2 N–H and O–H groups in total. The number of carbonyl (C=O) groups is 2. The molecular weight excluding hydrogens is 259 g/mol. The van der Waals surface area contributed by atoms with Crippen LogP contribution in [0, 0.1) is 5.82 Å². The third-order valence-electron chi connectivity index (χ3n) is 2.31. The number of carbonyl (C=O) groups excluding carboxylic acids is 2. The lowest BCUT2D eigenvalue weighted by molar-refractivity contribution is -0.125. The van der Waals surface area contributed by atoms with E-state index < -0.39 is 5.91 Å². The van der Waals surface area contributed by atoms with Gasteiger partial charge < -0.3 is 10.6 Å². The molecule has 6 heteroatoms. The van der Waals surface area contributed by atoms with Crippen molar-refractivity contribution in [2.24, 2.45) is 0 Å². The lowest BCUT2D eigenvalue weighted by Crippen LogP contribution is -2.38. The maximum absolute atomic E-state index is 12.7. The molecule has 98 valence electrons. The number of halogens is 2. The quantitative estimate of drug-likeness (QED) is 0.795. The summed E-state index contributed by atoms with van der Waals surface area (Å²) in [7, 11) is 0. The van der Waals surface area contributed by atoms with Crippen LogP contribution >= 0.6 is 11.6 Å². The summed E-state index contributed by atoms with van der Waals surface area (Å²) in [5.41, 5.74) is 0.786. The van der Waals surface area contributed by atoms with Crippen LogP contribution in [0.3, 0.4) is 0 Å². The Morgan fingerprint density at radius 2 is 1.89 bits per heavy atom. The SMILES string of the molecule is C[C@H](NC(=O)CNC(=O)CCl)c1ccc(F)cc1. The molecule has 0 aliphatic rings. The van der Waals surface area contributed by atoms with Gasteiger partial charge in [-0.2, -0.15) is 0 Å². The first-order valence-corrected chi connectivity index (χ1v) is 5.94. The first-order valence-electron chi connectivity index (χ1n) is 5.40. The van der Waals surface area contributed by atoms with Gasteiger partial charge in [-0.1, -0.05) is 12.1 Å². The van der Waals surface area contributed by atoms with Crippen molar-refractivity contribution in [3.05, 3.63) is 35.6 Å². The Bertz CT molecular complexity index is 423. The van der Waals surface area contributed by atoms with Crippen molar-refractivity contribution < 1.29 is 14.0 Å². The normalized spacial score (nSPS) is 11.7. The van der Waals surface area contributed by atoms with Gasteiger partial charge in [0.15, 0.2) is 0 Å². The van der Waals surface area contributed by atoms with Crippen LogP contribution in [0.2, 0.25) is 0 Å². The fourth-order valence-electron chi connectivity index (χ4n) is 1.35. The highest BCUT2D eigenvalue weighted by atomic mass is 35.5. The molecule has 1 aromatic rings. The zero-order valence-corrected chi connectivity index (χ0v) is 10.6. The van der Waals surface area contributed by atoms with E-state index in [1.807, 2.05) is 0 Å². The van der Waals surface area contributed by atoms with Gasteiger partial charge in [0.2, 0.25) is 11.8 Å². The minimum atomic E-state index is -0.402. The number of hydrogen-bond acceptors (Lipinski definition) is 2. The van der Waals surface area contributed by atoms with Crippen LogP contribution in [0.4, 0.5) is 4.39 Å².